The molecule has 2 aromatic carbocycles. The van der Waals surface area contributed by atoms with Gasteiger partial charge in [-0.2, -0.15) is 0 Å². The average Bonchev–Trinajstić information content (AvgIpc) is 2.98. The van der Waals surface area contributed by atoms with E-state index in [1.807, 2.05) is 0 Å². The van der Waals surface area contributed by atoms with Crippen molar-refractivity contribution < 1.29 is 36.6 Å². The molecule has 0 N–H and O–H groups in total. The first-order valence-corrected chi connectivity index (χ1v) is 9.32. The van der Waals surface area contributed by atoms with E-state index in [1.165, 1.54) is 24.3 Å². The Morgan fingerprint density at radius 3 is 2.26 bits per heavy atom. The lowest BCUT2D eigenvalue weighted by atomic mass is 10.0. The zero-order valence-corrected chi connectivity index (χ0v) is 16.0. The van der Waals surface area contributed by atoms with Crippen molar-refractivity contribution in [3.63, 3.8) is 0 Å². The summed E-state index contributed by atoms with van der Waals surface area (Å²) in [6.07, 6.45) is -4.92. The van der Waals surface area contributed by atoms with Crippen molar-refractivity contribution >= 4 is 23.1 Å². The number of carbonyl (C=O) groups is 2. The van der Waals surface area contributed by atoms with Gasteiger partial charge in [-0.05, 0) is 29.8 Å². The van der Waals surface area contributed by atoms with Gasteiger partial charge in [0.1, 0.15) is 17.3 Å². The number of alkyl halides is 3. The number of amides is 2. The molecule has 2 heterocycles. The third-order valence-corrected chi connectivity index (χ3v) is 4.83. The van der Waals surface area contributed by atoms with Gasteiger partial charge in [-0.1, -0.05) is 18.2 Å². The molecule has 0 aliphatic carbocycles. The normalized spacial score (nSPS) is 17.5. The van der Waals surface area contributed by atoms with Gasteiger partial charge in [0.05, 0.1) is 24.5 Å². The molecule has 0 atom stereocenters. The number of morpholine rings is 1. The van der Waals surface area contributed by atoms with Crippen LogP contribution in [0.25, 0.3) is 5.57 Å². The largest absolute Gasteiger partial charge is 0.573 e. The van der Waals surface area contributed by atoms with Gasteiger partial charge in [-0.15, -0.1) is 13.2 Å². The number of hydrogen-bond donors (Lipinski definition) is 0. The van der Waals surface area contributed by atoms with Crippen molar-refractivity contribution in [3.05, 3.63) is 65.6 Å². The second kappa shape index (κ2) is 8.03. The summed E-state index contributed by atoms with van der Waals surface area (Å²) in [5.74, 6) is -2.48. The van der Waals surface area contributed by atoms with Gasteiger partial charge in [-0.25, -0.2) is 9.29 Å². The minimum absolute atomic E-state index is 0.0500. The van der Waals surface area contributed by atoms with E-state index in [2.05, 4.69) is 4.74 Å². The highest BCUT2D eigenvalue weighted by Crippen LogP contribution is 2.36. The van der Waals surface area contributed by atoms with E-state index in [1.54, 1.807) is 4.90 Å². The van der Waals surface area contributed by atoms with E-state index in [0.717, 1.165) is 29.2 Å². The fraction of sp³-hybridized carbons (Fsp3) is 0.238. The van der Waals surface area contributed by atoms with Crippen LogP contribution in [-0.2, 0) is 14.3 Å². The van der Waals surface area contributed by atoms with Crippen molar-refractivity contribution in [1.29, 1.82) is 0 Å². The Labute approximate surface area is 174 Å². The maximum Gasteiger partial charge on any atom is 0.573 e. The summed E-state index contributed by atoms with van der Waals surface area (Å²) in [6, 6.07) is 9.71. The number of rotatable bonds is 4. The van der Waals surface area contributed by atoms with E-state index in [9.17, 15) is 27.2 Å². The van der Waals surface area contributed by atoms with E-state index >= 15 is 0 Å². The molecule has 0 bridgehead atoms. The Bertz CT molecular complexity index is 1040. The van der Waals surface area contributed by atoms with Gasteiger partial charge in [0.15, 0.2) is 0 Å². The Hall–Kier alpha value is -3.40. The molecular weight excluding hydrogens is 420 g/mol. The number of anilines is 1. The van der Waals surface area contributed by atoms with Gasteiger partial charge in [0.2, 0.25) is 0 Å². The minimum Gasteiger partial charge on any atom is -0.406 e. The topological polar surface area (TPSA) is 59.1 Å². The maximum atomic E-state index is 13.4. The molecule has 4 rings (SSSR count). The lowest BCUT2D eigenvalue weighted by molar-refractivity contribution is -0.274. The van der Waals surface area contributed by atoms with Crippen molar-refractivity contribution in [2.45, 2.75) is 6.36 Å². The van der Waals surface area contributed by atoms with E-state index in [4.69, 9.17) is 4.74 Å². The summed E-state index contributed by atoms with van der Waals surface area (Å²) < 4.78 is 60.4. The molecular formula is C21H16F4N2O4. The first kappa shape index (κ1) is 20.9. The highest BCUT2D eigenvalue weighted by atomic mass is 19.4. The summed E-state index contributed by atoms with van der Waals surface area (Å²) in [5.41, 5.74) is 0.405. The summed E-state index contributed by atoms with van der Waals surface area (Å²) in [4.78, 5) is 29.1. The predicted octanol–water partition coefficient (Wildman–Crippen LogP) is 3.34. The van der Waals surface area contributed by atoms with Crippen LogP contribution in [0.3, 0.4) is 0 Å². The van der Waals surface area contributed by atoms with Crippen molar-refractivity contribution in [3.8, 4) is 5.75 Å². The fourth-order valence-corrected chi connectivity index (χ4v) is 3.53. The molecule has 2 aliphatic rings. The maximum absolute atomic E-state index is 13.4. The first-order chi connectivity index (χ1) is 14.7. The third-order valence-electron chi connectivity index (χ3n) is 4.83. The molecule has 1 fully saturated rings. The zero-order chi connectivity index (χ0) is 22.2. The molecule has 31 heavy (non-hydrogen) atoms. The quantitative estimate of drug-likeness (QED) is 0.544. The van der Waals surface area contributed by atoms with Crippen LogP contribution in [0, 0.1) is 5.82 Å². The minimum atomic E-state index is -4.92. The van der Waals surface area contributed by atoms with Crippen LogP contribution in [0.4, 0.5) is 23.2 Å². The standard InChI is InChI=1S/C21H16F4N2O4/c22-14-6-4-13(5-7-14)17-18(26-8-10-30-11-9-26)20(29)27(19(17)28)15-2-1-3-16(12-15)31-21(23,24)25/h1-7,12H,8-11H2. The van der Waals surface area contributed by atoms with Gasteiger partial charge in [-0.3, -0.25) is 9.59 Å². The smallest absolute Gasteiger partial charge is 0.406 e. The summed E-state index contributed by atoms with van der Waals surface area (Å²) >= 11 is 0. The molecule has 162 valence electrons. The second-order valence-electron chi connectivity index (χ2n) is 6.82. The Morgan fingerprint density at radius 1 is 0.935 bits per heavy atom. The van der Waals surface area contributed by atoms with E-state index < -0.39 is 29.7 Å². The lowest BCUT2D eigenvalue weighted by Crippen LogP contribution is -2.40. The molecule has 2 aliphatic heterocycles. The Morgan fingerprint density at radius 2 is 1.61 bits per heavy atom. The number of hydrogen-bond acceptors (Lipinski definition) is 5. The summed E-state index contributed by atoms with van der Waals surface area (Å²) in [6.45, 7) is 1.39. The van der Waals surface area contributed by atoms with E-state index in [0.29, 0.717) is 31.9 Å². The third kappa shape index (κ3) is 4.24. The van der Waals surface area contributed by atoms with Crippen LogP contribution in [0.1, 0.15) is 5.56 Å². The SMILES string of the molecule is O=C1C(c2ccc(F)cc2)=C(N2CCOCC2)C(=O)N1c1cccc(OC(F)(F)F)c1. The van der Waals surface area contributed by atoms with Crippen molar-refractivity contribution in [2.24, 2.45) is 0 Å². The van der Waals surface area contributed by atoms with Crippen LogP contribution >= 0.6 is 0 Å². The number of ether oxygens (including phenoxy) is 2. The molecule has 0 spiro atoms. The monoisotopic (exact) mass is 436 g/mol. The molecule has 0 unspecified atom stereocenters. The predicted molar refractivity (Wildman–Crippen MR) is 101 cm³/mol. The number of carbonyl (C=O) groups excluding carboxylic acids is 2. The number of nitrogens with zero attached hydrogens (tertiary/aromatic N) is 2. The highest BCUT2D eigenvalue weighted by molar-refractivity contribution is 6.45. The van der Waals surface area contributed by atoms with Crippen LogP contribution in [-0.4, -0.2) is 49.4 Å². The summed E-state index contributed by atoms with van der Waals surface area (Å²) in [7, 11) is 0. The molecule has 0 saturated carbocycles. The van der Waals surface area contributed by atoms with Gasteiger partial charge in [0.25, 0.3) is 11.8 Å². The van der Waals surface area contributed by atoms with Gasteiger partial charge >= 0.3 is 6.36 Å². The molecule has 6 nitrogen and oxygen atoms in total. The van der Waals surface area contributed by atoms with Crippen molar-refractivity contribution in [2.75, 3.05) is 31.2 Å². The highest BCUT2D eigenvalue weighted by Gasteiger charge is 2.43. The van der Waals surface area contributed by atoms with Gasteiger partial charge in [0, 0.05) is 19.2 Å². The molecule has 1 saturated heterocycles. The first-order valence-electron chi connectivity index (χ1n) is 9.32. The van der Waals surface area contributed by atoms with Crippen LogP contribution < -0.4 is 9.64 Å². The second-order valence-corrected chi connectivity index (χ2v) is 6.82. The van der Waals surface area contributed by atoms with Crippen LogP contribution in [0.5, 0.6) is 5.75 Å². The van der Waals surface area contributed by atoms with Crippen molar-refractivity contribution in [1.82, 2.24) is 4.90 Å². The van der Waals surface area contributed by atoms with Crippen LogP contribution in [0.2, 0.25) is 0 Å². The average molecular weight is 436 g/mol. The molecule has 2 aromatic rings. The molecule has 0 aromatic heterocycles. The van der Waals surface area contributed by atoms with E-state index in [-0.39, 0.29) is 17.0 Å². The molecule has 2 amide bonds. The molecule has 10 heteroatoms. The lowest BCUT2D eigenvalue weighted by Gasteiger charge is -2.29. The fourth-order valence-electron chi connectivity index (χ4n) is 3.53. The zero-order valence-electron chi connectivity index (χ0n) is 16.0. The van der Waals surface area contributed by atoms with Crippen LogP contribution in [0.15, 0.2) is 54.2 Å². The van der Waals surface area contributed by atoms with Gasteiger partial charge < -0.3 is 14.4 Å². The number of benzene rings is 2. The summed E-state index contributed by atoms with van der Waals surface area (Å²) in [5, 5.41) is 0. The Kier molecular flexibility index (Phi) is 5.40. The molecule has 0 radical (unpaired) electrons. The number of halogens is 4. The Balaban J connectivity index is 1.76. The number of imide groups is 1.